The number of fused-ring (bicyclic) bond motifs is 1. The van der Waals surface area contributed by atoms with Gasteiger partial charge in [0.15, 0.2) is 0 Å². The van der Waals surface area contributed by atoms with Gasteiger partial charge in [-0.25, -0.2) is 0 Å². The SMILES string of the molecule is CC(=O)Nc1cc2c(cc1NC=O)[C@H](N1CCCCC1)[C@@H](O)C(C)(C)O2.Cl. The number of aliphatic hydroxyl groups is 1. The van der Waals surface area contributed by atoms with E-state index >= 15 is 0 Å². The van der Waals surface area contributed by atoms with Gasteiger partial charge in [-0.2, -0.15) is 0 Å². The Hall–Kier alpha value is -1.83. The molecule has 8 heteroatoms. The predicted octanol–water partition coefficient (Wildman–Crippen LogP) is 2.69. The summed E-state index contributed by atoms with van der Waals surface area (Å²) in [6.45, 7) is 6.98. The number of amides is 2. The molecule has 1 aromatic carbocycles. The van der Waals surface area contributed by atoms with Crippen LogP contribution in [0.5, 0.6) is 5.75 Å². The molecule has 3 rings (SSSR count). The molecule has 27 heavy (non-hydrogen) atoms. The Bertz CT molecular complexity index is 704. The number of benzene rings is 1. The Morgan fingerprint density at radius 1 is 1.26 bits per heavy atom. The number of rotatable bonds is 4. The molecule has 150 valence electrons. The number of piperidine rings is 1. The lowest BCUT2D eigenvalue weighted by Crippen LogP contribution is -2.54. The minimum absolute atomic E-state index is 0. The smallest absolute Gasteiger partial charge is 0.221 e. The fourth-order valence-electron chi connectivity index (χ4n) is 3.88. The van der Waals surface area contributed by atoms with Gasteiger partial charge in [-0.1, -0.05) is 6.42 Å². The van der Waals surface area contributed by atoms with Gasteiger partial charge in [0.2, 0.25) is 12.3 Å². The highest BCUT2D eigenvalue weighted by atomic mass is 35.5. The van der Waals surface area contributed by atoms with Crippen molar-refractivity contribution in [1.29, 1.82) is 0 Å². The molecule has 2 heterocycles. The highest BCUT2D eigenvalue weighted by Gasteiger charge is 2.45. The van der Waals surface area contributed by atoms with Gasteiger partial charge in [0, 0.05) is 18.6 Å². The second-order valence-electron chi connectivity index (χ2n) is 7.57. The van der Waals surface area contributed by atoms with Crippen LogP contribution in [0.25, 0.3) is 0 Å². The minimum Gasteiger partial charge on any atom is -0.485 e. The van der Waals surface area contributed by atoms with Gasteiger partial charge >= 0.3 is 0 Å². The largest absolute Gasteiger partial charge is 0.485 e. The summed E-state index contributed by atoms with van der Waals surface area (Å²) in [5, 5.41) is 16.4. The van der Waals surface area contributed by atoms with E-state index in [0.717, 1.165) is 31.5 Å². The molecule has 2 amide bonds. The third-order valence-corrected chi connectivity index (χ3v) is 5.16. The number of ether oxygens (including phenoxy) is 1. The molecular weight excluding hydrogens is 370 g/mol. The standard InChI is InChI=1S/C19H27N3O4.ClH/c1-12(24)21-15-10-16-13(9-14(15)20-11-23)17(18(25)19(2,3)26-16)22-7-5-4-6-8-22;/h9-11,17-18,25H,4-8H2,1-3H3,(H,20,23)(H,21,24);1H/t17-,18+;/m0./s1. The molecule has 2 aliphatic rings. The highest BCUT2D eigenvalue weighted by Crippen LogP contribution is 2.46. The van der Waals surface area contributed by atoms with E-state index in [1.54, 1.807) is 12.1 Å². The molecule has 0 saturated carbocycles. The number of halogens is 1. The number of aliphatic hydroxyl groups excluding tert-OH is 1. The number of carbonyl (C=O) groups is 2. The van der Waals surface area contributed by atoms with E-state index in [1.807, 2.05) is 13.8 Å². The van der Waals surface area contributed by atoms with E-state index in [2.05, 4.69) is 15.5 Å². The molecule has 0 bridgehead atoms. The average Bonchev–Trinajstić information content (AvgIpc) is 2.58. The Morgan fingerprint density at radius 2 is 1.93 bits per heavy atom. The van der Waals surface area contributed by atoms with E-state index in [9.17, 15) is 14.7 Å². The lowest BCUT2D eigenvalue weighted by molar-refractivity contribution is -0.114. The molecule has 0 radical (unpaired) electrons. The van der Waals surface area contributed by atoms with Crippen molar-refractivity contribution in [2.45, 2.75) is 57.8 Å². The quantitative estimate of drug-likeness (QED) is 0.679. The molecule has 7 nitrogen and oxygen atoms in total. The zero-order valence-corrected chi connectivity index (χ0v) is 16.8. The molecule has 1 fully saturated rings. The molecule has 2 atom stereocenters. The Balaban J connectivity index is 0.00000261. The van der Waals surface area contributed by atoms with Crippen molar-refractivity contribution in [2.24, 2.45) is 0 Å². The minimum atomic E-state index is -0.762. The number of hydrogen-bond acceptors (Lipinski definition) is 5. The molecular formula is C19H28ClN3O4. The monoisotopic (exact) mass is 397 g/mol. The second kappa shape index (κ2) is 8.46. The average molecular weight is 398 g/mol. The van der Waals surface area contributed by atoms with Gasteiger partial charge in [0.05, 0.1) is 17.4 Å². The maximum Gasteiger partial charge on any atom is 0.221 e. The summed E-state index contributed by atoms with van der Waals surface area (Å²) < 4.78 is 6.06. The Morgan fingerprint density at radius 3 is 2.52 bits per heavy atom. The van der Waals surface area contributed by atoms with Crippen LogP contribution in [0, 0.1) is 0 Å². The summed E-state index contributed by atoms with van der Waals surface area (Å²) >= 11 is 0. The summed E-state index contributed by atoms with van der Waals surface area (Å²) in [7, 11) is 0. The topological polar surface area (TPSA) is 90.9 Å². The predicted molar refractivity (Wildman–Crippen MR) is 107 cm³/mol. The van der Waals surface area contributed by atoms with Gasteiger partial charge in [0.1, 0.15) is 17.5 Å². The van der Waals surface area contributed by atoms with Crippen LogP contribution in [-0.4, -0.2) is 47.1 Å². The molecule has 0 aromatic heterocycles. The maximum atomic E-state index is 11.5. The normalized spacial score (nSPS) is 24.0. The number of hydrogen-bond donors (Lipinski definition) is 3. The van der Waals surface area contributed by atoms with Crippen molar-refractivity contribution in [1.82, 2.24) is 4.90 Å². The molecule has 0 unspecified atom stereocenters. The molecule has 1 saturated heterocycles. The summed E-state index contributed by atoms with van der Waals surface area (Å²) in [6.07, 6.45) is 3.27. The zero-order chi connectivity index (χ0) is 18.9. The van der Waals surface area contributed by atoms with Crippen molar-refractivity contribution in [2.75, 3.05) is 23.7 Å². The van der Waals surface area contributed by atoms with Crippen molar-refractivity contribution in [3.8, 4) is 5.75 Å². The van der Waals surface area contributed by atoms with Crippen LogP contribution < -0.4 is 15.4 Å². The van der Waals surface area contributed by atoms with Crippen LogP contribution in [0.15, 0.2) is 12.1 Å². The first-order valence-electron chi connectivity index (χ1n) is 9.10. The van der Waals surface area contributed by atoms with Crippen molar-refractivity contribution in [3.05, 3.63) is 17.7 Å². The molecule has 1 aromatic rings. The molecule has 3 N–H and O–H groups in total. The molecule has 0 spiro atoms. The number of anilines is 2. The number of likely N-dealkylation sites (tertiary alicyclic amines) is 1. The lowest BCUT2D eigenvalue weighted by Gasteiger charge is -2.47. The third-order valence-electron chi connectivity index (χ3n) is 5.16. The second-order valence-corrected chi connectivity index (χ2v) is 7.57. The van der Waals surface area contributed by atoms with E-state index in [4.69, 9.17) is 4.74 Å². The van der Waals surface area contributed by atoms with E-state index in [1.165, 1.54) is 13.3 Å². The zero-order valence-electron chi connectivity index (χ0n) is 15.9. The van der Waals surface area contributed by atoms with E-state index < -0.39 is 11.7 Å². The van der Waals surface area contributed by atoms with Crippen LogP contribution in [-0.2, 0) is 9.59 Å². The summed E-state index contributed by atoms with van der Waals surface area (Å²) in [6, 6.07) is 3.31. The first kappa shape index (κ1) is 21.5. The van der Waals surface area contributed by atoms with Gasteiger partial charge in [-0.15, -0.1) is 12.4 Å². The van der Waals surface area contributed by atoms with Crippen LogP contribution >= 0.6 is 12.4 Å². The number of nitrogens with zero attached hydrogens (tertiary/aromatic N) is 1. The van der Waals surface area contributed by atoms with Crippen LogP contribution in [0.1, 0.15) is 51.6 Å². The highest BCUT2D eigenvalue weighted by molar-refractivity contribution is 5.95. The molecule has 2 aliphatic heterocycles. The van der Waals surface area contributed by atoms with Gasteiger partial charge in [-0.05, 0) is 45.8 Å². The van der Waals surface area contributed by atoms with Crippen LogP contribution in [0.4, 0.5) is 11.4 Å². The summed E-state index contributed by atoms with van der Waals surface area (Å²) in [4.78, 5) is 24.8. The van der Waals surface area contributed by atoms with Crippen LogP contribution in [0.3, 0.4) is 0 Å². The lowest BCUT2D eigenvalue weighted by atomic mass is 9.84. The van der Waals surface area contributed by atoms with E-state index in [0.29, 0.717) is 23.5 Å². The number of nitrogens with one attached hydrogen (secondary N) is 2. The maximum absolute atomic E-state index is 11.5. The number of carbonyl (C=O) groups excluding carboxylic acids is 2. The first-order chi connectivity index (χ1) is 12.3. The van der Waals surface area contributed by atoms with E-state index in [-0.39, 0.29) is 24.4 Å². The summed E-state index contributed by atoms with van der Waals surface area (Å²) in [5.41, 5.74) is 1.04. The fraction of sp³-hybridized carbons (Fsp3) is 0.579. The first-order valence-corrected chi connectivity index (χ1v) is 9.10. The molecule has 0 aliphatic carbocycles. The van der Waals surface area contributed by atoms with Gasteiger partial charge < -0.3 is 20.5 Å². The third kappa shape index (κ3) is 4.36. The Kier molecular flexibility index (Phi) is 6.72. The van der Waals surface area contributed by atoms with Crippen molar-refractivity contribution >= 4 is 36.1 Å². The van der Waals surface area contributed by atoms with Crippen LogP contribution in [0.2, 0.25) is 0 Å². The summed E-state index contributed by atoms with van der Waals surface area (Å²) in [5.74, 6) is 0.387. The van der Waals surface area contributed by atoms with Crippen molar-refractivity contribution < 1.29 is 19.4 Å². The van der Waals surface area contributed by atoms with Gasteiger partial charge in [-0.3, -0.25) is 14.5 Å². The Labute approximate surface area is 165 Å². The van der Waals surface area contributed by atoms with Crippen molar-refractivity contribution in [3.63, 3.8) is 0 Å². The van der Waals surface area contributed by atoms with Gasteiger partial charge in [0.25, 0.3) is 0 Å². The fourth-order valence-corrected chi connectivity index (χ4v) is 3.88.